The normalized spacial score (nSPS) is 12.1. The van der Waals surface area contributed by atoms with Crippen molar-refractivity contribution in [2.45, 2.75) is 13.8 Å². The maximum atomic E-state index is 11.5. The van der Waals surface area contributed by atoms with Gasteiger partial charge < -0.3 is 14.8 Å². The van der Waals surface area contributed by atoms with Crippen molar-refractivity contribution in [1.29, 1.82) is 0 Å². The number of hydrogen-bond acceptors (Lipinski definition) is 5. The second-order valence-corrected chi connectivity index (χ2v) is 6.58. The number of aryl methyl sites for hydroxylation is 2. The lowest BCUT2D eigenvalue weighted by Gasteiger charge is -2.26. The van der Waals surface area contributed by atoms with Crippen LogP contribution in [-0.2, 0) is 11.3 Å². The Hall–Kier alpha value is -1.90. The summed E-state index contributed by atoms with van der Waals surface area (Å²) in [4.78, 5) is 12.6. The van der Waals surface area contributed by atoms with E-state index in [1.807, 2.05) is 6.92 Å². The number of benzene rings is 1. The van der Waals surface area contributed by atoms with Crippen LogP contribution in [0, 0.1) is 13.8 Å². The molecule has 0 radical (unpaired) electrons. The van der Waals surface area contributed by atoms with Crippen LogP contribution in [0.25, 0.3) is 0 Å². The van der Waals surface area contributed by atoms with Gasteiger partial charge in [-0.2, -0.15) is 0 Å². The second-order valence-electron chi connectivity index (χ2n) is 4.32. The summed E-state index contributed by atoms with van der Waals surface area (Å²) >= 11 is -1.15. The van der Waals surface area contributed by atoms with Crippen molar-refractivity contribution in [2.24, 2.45) is 0 Å². The molecule has 2 rings (SSSR count). The Labute approximate surface area is 127 Å². The van der Waals surface area contributed by atoms with Gasteiger partial charge in [0.05, 0.1) is 22.6 Å². The molecule has 2 aromatic rings. The third-order valence-electron chi connectivity index (χ3n) is 2.83. The van der Waals surface area contributed by atoms with Crippen molar-refractivity contribution in [3.63, 3.8) is 0 Å². The van der Waals surface area contributed by atoms with Crippen LogP contribution in [0.5, 0.6) is 5.75 Å². The Bertz CT molecular complexity index is 725. The van der Waals surface area contributed by atoms with E-state index in [0.29, 0.717) is 5.69 Å². The van der Waals surface area contributed by atoms with E-state index in [9.17, 15) is 18.7 Å². The third kappa shape index (κ3) is 3.07. The zero-order valence-corrected chi connectivity index (χ0v) is 12.8. The number of hydrogen-bond donors (Lipinski definition) is 2. The van der Waals surface area contributed by atoms with E-state index in [1.54, 1.807) is 13.0 Å². The summed E-state index contributed by atoms with van der Waals surface area (Å²) in [5, 5.41) is 18.6. The number of nitrogens with zero attached hydrogens (tertiary/aromatic N) is 1. The van der Waals surface area contributed by atoms with E-state index >= 15 is 0 Å². The Morgan fingerprint density at radius 3 is 2.43 bits per heavy atom. The van der Waals surface area contributed by atoms with Gasteiger partial charge in [-0.25, -0.2) is 4.79 Å². The van der Waals surface area contributed by atoms with Gasteiger partial charge in [0.15, 0.2) is 0 Å². The molecule has 6 nitrogen and oxygen atoms in total. The van der Waals surface area contributed by atoms with Crippen LogP contribution in [0.1, 0.15) is 20.1 Å². The van der Waals surface area contributed by atoms with Gasteiger partial charge in [0.25, 0.3) is 0 Å². The summed E-state index contributed by atoms with van der Waals surface area (Å²) in [6.45, 7) is 3.65. The van der Waals surface area contributed by atoms with E-state index < -0.39 is 23.0 Å². The molecule has 0 bridgehead atoms. The van der Waals surface area contributed by atoms with Gasteiger partial charge in [-0.15, -0.1) is 11.3 Å². The molecule has 0 saturated carbocycles. The molecule has 0 aliphatic heterocycles. The first-order valence-electron chi connectivity index (χ1n) is 5.84. The number of rotatable bonds is 4. The van der Waals surface area contributed by atoms with Crippen molar-refractivity contribution < 1.29 is 23.8 Å². The van der Waals surface area contributed by atoms with Crippen molar-refractivity contribution in [3.05, 3.63) is 39.6 Å². The second kappa shape index (κ2) is 5.84. The predicted molar refractivity (Wildman–Crippen MR) is 79.9 cm³/mol. The molecule has 0 amide bonds. The quantitative estimate of drug-likeness (QED) is 0.841. The van der Waals surface area contributed by atoms with Crippen molar-refractivity contribution >= 4 is 39.9 Å². The molecule has 0 fully saturated rings. The molecular weight excluding hydrogens is 314 g/mol. The number of aromatic hydroxyl groups is 1. The summed E-state index contributed by atoms with van der Waals surface area (Å²) in [5.74, 6) is -1.77. The number of aromatic carboxylic acids is 1. The fourth-order valence-electron chi connectivity index (χ4n) is 1.95. The molecule has 112 valence electrons. The summed E-state index contributed by atoms with van der Waals surface area (Å²) in [5.41, 5.74) is 0.369. The number of anilines is 2. The first-order valence-corrected chi connectivity index (χ1v) is 7.69. The fraction of sp³-hybridized carbons (Fsp3) is 0.154. The van der Waals surface area contributed by atoms with Gasteiger partial charge in [0, 0.05) is 15.8 Å². The SMILES string of the molecule is Cc1cc(N(c2ccc(C(=O)O)c(O)c2)S(=O)[O-])c(C)s1. The zero-order valence-electron chi connectivity index (χ0n) is 11.2. The van der Waals surface area contributed by atoms with E-state index in [2.05, 4.69) is 0 Å². The smallest absolute Gasteiger partial charge is 0.339 e. The zero-order chi connectivity index (χ0) is 15.7. The largest absolute Gasteiger partial charge is 0.755 e. The lowest BCUT2D eigenvalue weighted by Crippen LogP contribution is -2.19. The topological polar surface area (TPSA) is 101 Å². The predicted octanol–water partition coefficient (Wildman–Crippen LogP) is 2.70. The van der Waals surface area contributed by atoms with E-state index in [-0.39, 0.29) is 11.3 Å². The number of carboxylic acid groups (broad SMARTS) is 1. The molecule has 1 aromatic carbocycles. The van der Waals surface area contributed by atoms with Gasteiger partial charge in [0.2, 0.25) is 0 Å². The van der Waals surface area contributed by atoms with Crippen LogP contribution < -0.4 is 4.31 Å². The molecule has 1 unspecified atom stereocenters. The minimum Gasteiger partial charge on any atom is -0.755 e. The van der Waals surface area contributed by atoms with Crippen LogP contribution in [0.2, 0.25) is 0 Å². The minimum absolute atomic E-state index is 0.173. The molecule has 0 aliphatic rings. The highest BCUT2D eigenvalue weighted by Crippen LogP contribution is 2.36. The minimum atomic E-state index is -2.60. The highest BCUT2D eigenvalue weighted by atomic mass is 32.2. The van der Waals surface area contributed by atoms with Gasteiger partial charge in [0.1, 0.15) is 11.3 Å². The van der Waals surface area contributed by atoms with Gasteiger partial charge in [-0.1, -0.05) is 0 Å². The highest BCUT2D eigenvalue weighted by Gasteiger charge is 2.18. The Morgan fingerprint density at radius 2 is 2.00 bits per heavy atom. The number of thiophene rings is 1. The fourth-order valence-corrected chi connectivity index (χ4v) is 3.55. The number of phenols is 1. The van der Waals surface area contributed by atoms with Crippen molar-refractivity contribution in [1.82, 2.24) is 0 Å². The molecule has 1 aromatic heterocycles. The molecule has 0 spiro atoms. The van der Waals surface area contributed by atoms with Crippen LogP contribution in [0.4, 0.5) is 11.4 Å². The average molecular weight is 326 g/mol. The van der Waals surface area contributed by atoms with Gasteiger partial charge in [-0.05, 0) is 32.0 Å². The van der Waals surface area contributed by atoms with E-state index in [1.165, 1.54) is 23.5 Å². The monoisotopic (exact) mass is 326 g/mol. The molecule has 0 saturated heterocycles. The molecule has 2 N–H and O–H groups in total. The van der Waals surface area contributed by atoms with Crippen molar-refractivity contribution in [2.75, 3.05) is 4.31 Å². The summed E-state index contributed by atoms with van der Waals surface area (Å²) in [6.07, 6.45) is 0. The summed E-state index contributed by atoms with van der Waals surface area (Å²) in [6, 6.07) is 5.34. The maximum Gasteiger partial charge on any atom is 0.339 e. The first-order chi connectivity index (χ1) is 9.81. The lowest BCUT2D eigenvalue weighted by molar-refractivity contribution is 0.0694. The van der Waals surface area contributed by atoms with Gasteiger partial charge >= 0.3 is 5.97 Å². The molecule has 0 aliphatic carbocycles. The number of carbonyl (C=O) groups is 1. The van der Waals surface area contributed by atoms with Crippen LogP contribution >= 0.6 is 11.3 Å². The molecular formula is C13H12NO5S2-. The first kappa shape index (κ1) is 15.5. The lowest BCUT2D eigenvalue weighted by atomic mass is 10.2. The van der Waals surface area contributed by atoms with E-state index in [4.69, 9.17) is 5.11 Å². The van der Waals surface area contributed by atoms with Crippen LogP contribution in [-0.4, -0.2) is 24.9 Å². The Morgan fingerprint density at radius 1 is 1.33 bits per heavy atom. The highest BCUT2D eigenvalue weighted by molar-refractivity contribution is 7.81. The Kier molecular flexibility index (Phi) is 4.31. The number of carboxylic acids is 1. The van der Waals surface area contributed by atoms with Crippen LogP contribution in [0.3, 0.4) is 0 Å². The Balaban J connectivity index is 2.54. The molecule has 1 atom stereocenters. The third-order valence-corrected chi connectivity index (χ3v) is 4.49. The van der Waals surface area contributed by atoms with Crippen molar-refractivity contribution in [3.8, 4) is 5.75 Å². The van der Waals surface area contributed by atoms with E-state index in [0.717, 1.165) is 20.1 Å². The molecule has 1 heterocycles. The standard InChI is InChI=1S/C13H13NO5S2/c1-7-5-11(8(2)20-7)14(21(18)19)9-3-4-10(13(16)17)12(15)6-9/h3-6,15H,1-2H3,(H,16,17)(H,18,19)/p-1. The average Bonchev–Trinajstić information content (AvgIpc) is 2.68. The maximum absolute atomic E-state index is 11.5. The summed E-state index contributed by atoms with van der Waals surface area (Å²) in [7, 11) is 0. The summed E-state index contributed by atoms with van der Waals surface area (Å²) < 4.78 is 24.1. The molecule has 21 heavy (non-hydrogen) atoms. The van der Waals surface area contributed by atoms with Gasteiger partial charge in [-0.3, -0.25) is 8.51 Å². The van der Waals surface area contributed by atoms with Crippen LogP contribution in [0.15, 0.2) is 24.3 Å². The molecule has 8 heteroatoms.